The van der Waals surface area contributed by atoms with Crippen LogP contribution < -0.4 is 10.1 Å². The number of carbonyl (C=O) groups is 1. The van der Waals surface area contributed by atoms with Crippen LogP contribution in [-0.4, -0.2) is 32.9 Å². The summed E-state index contributed by atoms with van der Waals surface area (Å²) in [5.41, 5.74) is 0.621. The van der Waals surface area contributed by atoms with Crippen LogP contribution in [0.25, 0.3) is 0 Å². The third-order valence-corrected chi connectivity index (χ3v) is 5.78. The number of halogens is 1. The van der Waals surface area contributed by atoms with Gasteiger partial charge < -0.3 is 10.1 Å². The largest absolute Gasteiger partial charge is 0.497 e. The molecule has 0 aliphatic carbocycles. The number of hydrogen-bond donors (Lipinski definition) is 1. The fraction of sp³-hybridized carbons (Fsp3) is 0.462. The molecule has 1 heterocycles. The van der Waals surface area contributed by atoms with E-state index in [1.165, 1.54) is 0 Å². The van der Waals surface area contributed by atoms with E-state index in [9.17, 15) is 13.2 Å². The minimum Gasteiger partial charge on any atom is -0.497 e. The molecule has 1 aromatic rings. The molecule has 1 saturated heterocycles. The third-order valence-electron chi connectivity index (χ3n) is 3.25. The Kier molecular flexibility index (Phi) is 4.70. The van der Waals surface area contributed by atoms with Gasteiger partial charge in [-0.3, -0.25) is 4.79 Å². The normalized spacial score (nSPS) is 20.6. The Balaban J connectivity index is 1.98. The van der Waals surface area contributed by atoms with Crippen LogP contribution >= 0.6 is 15.9 Å². The number of carbonyl (C=O) groups excluding carboxylic acids is 1. The molecule has 0 spiro atoms. The van der Waals surface area contributed by atoms with Crippen molar-refractivity contribution in [3.8, 4) is 5.75 Å². The Hall–Kier alpha value is -1.08. The first-order chi connectivity index (χ1) is 9.39. The average molecular weight is 362 g/mol. The third kappa shape index (κ3) is 3.96. The number of methoxy groups -OCH3 is 1. The van der Waals surface area contributed by atoms with Crippen LogP contribution in [0.4, 0.5) is 5.69 Å². The molecule has 1 amide bonds. The number of sulfone groups is 1. The lowest BCUT2D eigenvalue weighted by Gasteiger charge is -2.11. The minimum atomic E-state index is -2.94. The lowest BCUT2D eigenvalue weighted by molar-refractivity contribution is -0.116. The Morgan fingerprint density at radius 3 is 2.85 bits per heavy atom. The van der Waals surface area contributed by atoms with E-state index in [1.807, 2.05) is 0 Å². The van der Waals surface area contributed by atoms with Crippen molar-refractivity contribution in [3.05, 3.63) is 22.7 Å². The van der Waals surface area contributed by atoms with Crippen LogP contribution in [0.2, 0.25) is 0 Å². The molecular weight excluding hydrogens is 346 g/mol. The SMILES string of the molecule is COc1ccc(Br)c(NC(=O)CC2CCS(=O)(=O)C2)c1. The number of rotatable bonds is 4. The Morgan fingerprint density at radius 1 is 1.50 bits per heavy atom. The van der Waals surface area contributed by atoms with Gasteiger partial charge in [0, 0.05) is 17.0 Å². The van der Waals surface area contributed by atoms with Crippen LogP contribution in [-0.2, 0) is 14.6 Å². The van der Waals surface area contributed by atoms with Gasteiger partial charge in [0.05, 0.1) is 24.3 Å². The Bertz CT molecular complexity index is 615. The number of anilines is 1. The summed E-state index contributed by atoms with van der Waals surface area (Å²) in [6, 6.07) is 5.28. The number of nitrogens with one attached hydrogen (secondary N) is 1. The van der Waals surface area contributed by atoms with Crippen LogP contribution in [0.5, 0.6) is 5.75 Å². The smallest absolute Gasteiger partial charge is 0.224 e. The van der Waals surface area contributed by atoms with Crippen molar-refractivity contribution in [2.24, 2.45) is 5.92 Å². The molecule has 0 radical (unpaired) electrons. The van der Waals surface area contributed by atoms with Crippen molar-refractivity contribution in [1.82, 2.24) is 0 Å². The predicted molar refractivity (Wildman–Crippen MR) is 80.7 cm³/mol. The standard InChI is InChI=1S/C13H16BrNO4S/c1-19-10-2-3-11(14)12(7-10)15-13(16)6-9-4-5-20(17,18)8-9/h2-3,7,9H,4-6,8H2,1H3,(H,15,16). The maximum absolute atomic E-state index is 12.0. The molecule has 1 aliphatic rings. The van der Waals surface area contributed by atoms with Crippen LogP contribution in [0.3, 0.4) is 0 Å². The van der Waals surface area contributed by atoms with Gasteiger partial charge in [0.1, 0.15) is 5.75 Å². The van der Waals surface area contributed by atoms with Crippen LogP contribution in [0.15, 0.2) is 22.7 Å². The van der Waals surface area contributed by atoms with E-state index < -0.39 is 9.84 Å². The highest BCUT2D eigenvalue weighted by Gasteiger charge is 2.29. The van der Waals surface area contributed by atoms with Gasteiger partial charge in [-0.15, -0.1) is 0 Å². The van der Waals surface area contributed by atoms with Crippen molar-refractivity contribution in [2.75, 3.05) is 23.9 Å². The highest BCUT2D eigenvalue weighted by atomic mass is 79.9. The number of amides is 1. The van der Waals surface area contributed by atoms with Gasteiger partial charge in [-0.1, -0.05) is 0 Å². The second-order valence-electron chi connectivity index (χ2n) is 4.87. The zero-order valence-electron chi connectivity index (χ0n) is 11.1. The lowest BCUT2D eigenvalue weighted by atomic mass is 10.1. The zero-order chi connectivity index (χ0) is 14.8. The van der Waals surface area contributed by atoms with Crippen molar-refractivity contribution in [3.63, 3.8) is 0 Å². The van der Waals surface area contributed by atoms with E-state index in [2.05, 4.69) is 21.2 Å². The first-order valence-corrected chi connectivity index (χ1v) is 8.85. The average Bonchev–Trinajstić information content (AvgIpc) is 2.71. The topological polar surface area (TPSA) is 72.5 Å². The molecule has 1 N–H and O–H groups in total. The van der Waals surface area contributed by atoms with Gasteiger partial charge in [-0.2, -0.15) is 0 Å². The van der Waals surface area contributed by atoms with Gasteiger partial charge in [-0.05, 0) is 40.4 Å². The second-order valence-corrected chi connectivity index (χ2v) is 7.95. The van der Waals surface area contributed by atoms with Gasteiger partial charge in [0.2, 0.25) is 5.91 Å². The molecule has 110 valence electrons. The minimum absolute atomic E-state index is 0.0793. The van der Waals surface area contributed by atoms with Crippen molar-refractivity contribution in [2.45, 2.75) is 12.8 Å². The highest BCUT2D eigenvalue weighted by molar-refractivity contribution is 9.10. The summed E-state index contributed by atoms with van der Waals surface area (Å²) in [6.45, 7) is 0. The Labute approximate surface area is 126 Å². The van der Waals surface area contributed by atoms with Gasteiger partial charge >= 0.3 is 0 Å². The molecule has 1 aromatic carbocycles. The maximum Gasteiger partial charge on any atom is 0.224 e. The molecule has 0 bridgehead atoms. The molecular formula is C13H16BrNO4S. The molecule has 0 aromatic heterocycles. The fourth-order valence-corrected chi connectivity index (χ4v) is 4.43. The molecule has 1 unspecified atom stereocenters. The second kappa shape index (κ2) is 6.13. The van der Waals surface area contributed by atoms with Crippen molar-refractivity contribution >= 4 is 37.4 Å². The maximum atomic E-state index is 12.0. The van der Waals surface area contributed by atoms with Crippen LogP contribution in [0.1, 0.15) is 12.8 Å². The van der Waals surface area contributed by atoms with Crippen molar-refractivity contribution in [1.29, 1.82) is 0 Å². The number of ether oxygens (including phenoxy) is 1. The van der Waals surface area contributed by atoms with E-state index >= 15 is 0 Å². The lowest BCUT2D eigenvalue weighted by Crippen LogP contribution is -2.17. The molecule has 5 nitrogen and oxygen atoms in total. The van der Waals surface area contributed by atoms with E-state index in [0.717, 1.165) is 4.47 Å². The summed E-state index contributed by atoms with van der Waals surface area (Å²) in [5, 5.41) is 2.78. The first kappa shape index (κ1) is 15.3. The first-order valence-electron chi connectivity index (χ1n) is 6.23. The highest BCUT2D eigenvalue weighted by Crippen LogP contribution is 2.28. The quantitative estimate of drug-likeness (QED) is 0.892. The van der Waals surface area contributed by atoms with Gasteiger partial charge in [0.15, 0.2) is 9.84 Å². The van der Waals surface area contributed by atoms with E-state index in [-0.39, 0.29) is 29.8 Å². The predicted octanol–water partition coefficient (Wildman–Crippen LogP) is 2.22. The Morgan fingerprint density at radius 2 is 2.25 bits per heavy atom. The fourth-order valence-electron chi connectivity index (χ4n) is 2.22. The summed E-state index contributed by atoms with van der Waals surface area (Å²) in [7, 11) is -1.39. The zero-order valence-corrected chi connectivity index (χ0v) is 13.5. The molecule has 1 aliphatic heterocycles. The summed E-state index contributed by atoms with van der Waals surface area (Å²) >= 11 is 3.35. The summed E-state index contributed by atoms with van der Waals surface area (Å²) in [5.74, 6) is 0.686. The molecule has 7 heteroatoms. The van der Waals surface area contributed by atoms with Crippen LogP contribution in [0, 0.1) is 5.92 Å². The molecule has 0 saturated carbocycles. The summed E-state index contributed by atoms with van der Waals surface area (Å²) < 4.78 is 28.6. The summed E-state index contributed by atoms with van der Waals surface area (Å²) in [4.78, 5) is 12.0. The van der Waals surface area contributed by atoms with Crippen molar-refractivity contribution < 1.29 is 17.9 Å². The van der Waals surface area contributed by atoms with Gasteiger partial charge in [0.25, 0.3) is 0 Å². The molecule has 20 heavy (non-hydrogen) atoms. The monoisotopic (exact) mass is 361 g/mol. The van der Waals surface area contributed by atoms with Gasteiger partial charge in [-0.25, -0.2) is 8.42 Å². The number of hydrogen-bond acceptors (Lipinski definition) is 4. The van der Waals surface area contributed by atoms with E-state index in [1.54, 1.807) is 25.3 Å². The van der Waals surface area contributed by atoms with E-state index in [4.69, 9.17) is 4.74 Å². The molecule has 1 atom stereocenters. The number of benzene rings is 1. The molecule has 1 fully saturated rings. The van der Waals surface area contributed by atoms with E-state index in [0.29, 0.717) is 17.9 Å². The molecule has 2 rings (SSSR count). The summed E-state index contributed by atoms with van der Waals surface area (Å²) in [6.07, 6.45) is 0.790.